The van der Waals surface area contributed by atoms with Crippen LogP contribution in [0, 0.1) is 10.1 Å². The summed E-state index contributed by atoms with van der Waals surface area (Å²) in [5, 5.41) is 17.4. The number of nitrogens with zero attached hydrogens (tertiary/aromatic N) is 1. The molecule has 0 bridgehead atoms. The van der Waals surface area contributed by atoms with Crippen molar-refractivity contribution in [3.05, 3.63) is 27.8 Å². The highest BCUT2D eigenvalue weighted by Gasteiger charge is 2.26. The van der Waals surface area contributed by atoms with E-state index in [4.69, 9.17) is 14.2 Å². The standard InChI is InChI=1S/C16H23N3O6.ClH/c1-23-6-7-25-15-9-13(19(21)22)12(8-14(15)24-2)16(20)18-11-4-3-5-17-10-11;/h8-9,11,17H,3-7,10H2,1-2H3,(H,18,20);1H/t11-;/m0./s1. The van der Waals surface area contributed by atoms with Crippen LogP contribution in [0.5, 0.6) is 11.5 Å². The molecule has 0 aromatic heterocycles. The number of piperidine rings is 1. The minimum absolute atomic E-state index is 0. The van der Waals surface area contributed by atoms with E-state index in [-0.39, 0.29) is 47.8 Å². The average Bonchev–Trinajstić information content (AvgIpc) is 2.62. The number of hydrogen-bond donors (Lipinski definition) is 2. The van der Waals surface area contributed by atoms with Gasteiger partial charge in [0.15, 0.2) is 11.5 Å². The van der Waals surface area contributed by atoms with Crippen LogP contribution in [-0.2, 0) is 4.74 Å². The minimum atomic E-state index is -0.601. The van der Waals surface area contributed by atoms with Crippen molar-refractivity contribution in [2.75, 3.05) is 40.5 Å². The van der Waals surface area contributed by atoms with Gasteiger partial charge in [0, 0.05) is 25.8 Å². The van der Waals surface area contributed by atoms with E-state index in [1.807, 2.05) is 0 Å². The first-order chi connectivity index (χ1) is 12.1. The van der Waals surface area contributed by atoms with Gasteiger partial charge in [-0.25, -0.2) is 0 Å². The summed E-state index contributed by atoms with van der Waals surface area (Å²) in [6.45, 7) is 2.10. The molecule has 1 aromatic carbocycles. The summed E-state index contributed by atoms with van der Waals surface area (Å²) in [7, 11) is 2.94. The Hall–Kier alpha value is -2.10. The van der Waals surface area contributed by atoms with Crippen molar-refractivity contribution in [1.29, 1.82) is 0 Å². The molecule has 1 aliphatic heterocycles. The van der Waals surface area contributed by atoms with Gasteiger partial charge in [-0.3, -0.25) is 14.9 Å². The van der Waals surface area contributed by atoms with Crippen LogP contribution in [0.15, 0.2) is 12.1 Å². The Morgan fingerprint density at radius 1 is 1.35 bits per heavy atom. The van der Waals surface area contributed by atoms with Crippen LogP contribution < -0.4 is 20.1 Å². The highest BCUT2D eigenvalue weighted by Crippen LogP contribution is 2.34. The molecule has 1 aliphatic rings. The lowest BCUT2D eigenvalue weighted by Crippen LogP contribution is -2.45. The second-order valence-corrected chi connectivity index (χ2v) is 5.64. The summed E-state index contributed by atoms with van der Waals surface area (Å²) in [6, 6.07) is 2.50. The van der Waals surface area contributed by atoms with Gasteiger partial charge < -0.3 is 24.8 Å². The lowest BCUT2D eigenvalue weighted by Gasteiger charge is -2.23. The number of nitro benzene ring substituents is 1. The molecular formula is C16H24ClN3O6. The fourth-order valence-corrected chi connectivity index (χ4v) is 2.63. The molecule has 1 saturated heterocycles. The molecule has 2 N–H and O–H groups in total. The molecule has 1 amide bonds. The van der Waals surface area contributed by atoms with E-state index < -0.39 is 10.8 Å². The molecule has 0 unspecified atom stereocenters. The molecule has 10 heteroatoms. The van der Waals surface area contributed by atoms with E-state index in [0.29, 0.717) is 13.2 Å². The molecule has 0 aliphatic carbocycles. The van der Waals surface area contributed by atoms with E-state index >= 15 is 0 Å². The van der Waals surface area contributed by atoms with Gasteiger partial charge in [0.25, 0.3) is 11.6 Å². The third-order valence-electron chi connectivity index (χ3n) is 3.90. The van der Waals surface area contributed by atoms with Gasteiger partial charge in [0.2, 0.25) is 0 Å². The van der Waals surface area contributed by atoms with Crippen LogP contribution in [0.25, 0.3) is 0 Å². The van der Waals surface area contributed by atoms with Crippen LogP contribution in [0.4, 0.5) is 5.69 Å². The second kappa shape index (κ2) is 10.8. The first-order valence-corrected chi connectivity index (χ1v) is 8.06. The quantitative estimate of drug-likeness (QED) is 0.394. The number of hydrogen-bond acceptors (Lipinski definition) is 7. The van der Waals surface area contributed by atoms with Crippen LogP contribution in [0.1, 0.15) is 23.2 Å². The molecule has 1 atom stereocenters. The van der Waals surface area contributed by atoms with E-state index in [2.05, 4.69) is 10.6 Å². The number of halogens is 1. The number of methoxy groups -OCH3 is 2. The average molecular weight is 390 g/mol. The van der Waals surface area contributed by atoms with Crippen molar-refractivity contribution >= 4 is 24.0 Å². The first-order valence-electron chi connectivity index (χ1n) is 8.06. The van der Waals surface area contributed by atoms with Crippen LogP contribution >= 0.6 is 12.4 Å². The number of nitro groups is 1. The highest BCUT2D eigenvalue weighted by atomic mass is 35.5. The van der Waals surface area contributed by atoms with E-state index in [0.717, 1.165) is 19.4 Å². The van der Waals surface area contributed by atoms with Crippen molar-refractivity contribution in [2.24, 2.45) is 0 Å². The van der Waals surface area contributed by atoms with Crippen molar-refractivity contribution in [2.45, 2.75) is 18.9 Å². The number of ether oxygens (including phenoxy) is 3. The van der Waals surface area contributed by atoms with Crippen molar-refractivity contribution < 1.29 is 23.9 Å². The van der Waals surface area contributed by atoms with E-state index in [9.17, 15) is 14.9 Å². The van der Waals surface area contributed by atoms with Gasteiger partial charge in [0.1, 0.15) is 12.2 Å². The number of carbonyl (C=O) groups excluding carboxylic acids is 1. The Balaban J connectivity index is 0.00000338. The highest BCUT2D eigenvalue weighted by molar-refractivity contribution is 5.99. The Morgan fingerprint density at radius 3 is 2.69 bits per heavy atom. The lowest BCUT2D eigenvalue weighted by molar-refractivity contribution is -0.385. The Morgan fingerprint density at radius 2 is 2.12 bits per heavy atom. The summed E-state index contributed by atoms with van der Waals surface area (Å²) >= 11 is 0. The van der Waals surface area contributed by atoms with E-state index in [1.165, 1.54) is 26.4 Å². The summed E-state index contributed by atoms with van der Waals surface area (Å²) in [6.07, 6.45) is 1.78. The number of nitrogens with one attached hydrogen (secondary N) is 2. The Kier molecular flexibility index (Phi) is 9.11. The fourth-order valence-electron chi connectivity index (χ4n) is 2.63. The van der Waals surface area contributed by atoms with Crippen LogP contribution in [-0.4, -0.2) is 57.4 Å². The molecule has 1 heterocycles. The molecule has 0 radical (unpaired) electrons. The van der Waals surface area contributed by atoms with E-state index in [1.54, 1.807) is 0 Å². The van der Waals surface area contributed by atoms with Gasteiger partial charge in [-0.05, 0) is 19.4 Å². The van der Waals surface area contributed by atoms with Crippen LogP contribution in [0.2, 0.25) is 0 Å². The molecule has 2 rings (SSSR count). The molecule has 146 valence electrons. The smallest absolute Gasteiger partial charge is 0.286 e. The normalized spacial score (nSPS) is 16.3. The maximum Gasteiger partial charge on any atom is 0.286 e. The van der Waals surface area contributed by atoms with Gasteiger partial charge in [0.05, 0.1) is 24.7 Å². The predicted molar refractivity (Wildman–Crippen MR) is 97.6 cm³/mol. The Bertz CT molecular complexity index is 622. The number of benzene rings is 1. The maximum absolute atomic E-state index is 12.5. The summed E-state index contributed by atoms with van der Waals surface area (Å²) in [5.41, 5.74) is -0.374. The summed E-state index contributed by atoms with van der Waals surface area (Å²) in [5.74, 6) is -0.0436. The lowest BCUT2D eigenvalue weighted by atomic mass is 10.1. The first kappa shape index (κ1) is 21.9. The zero-order valence-electron chi connectivity index (χ0n) is 14.8. The van der Waals surface area contributed by atoms with Crippen molar-refractivity contribution in [3.63, 3.8) is 0 Å². The number of rotatable bonds is 8. The molecule has 9 nitrogen and oxygen atoms in total. The topological polar surface area (TPSA) is 112 Å². The number of carbonyl (C=O) groups is 1. The second-order valence-electron chi connectivity index (χ2n) is 5.64. The fraction of sp³-hybridized carbons (Fsp3) is 0.562. The molecule has 0 saturated carbocycles. The van der Waals surface area contributed by atoms with Gasteiger partial charge >= 0.3 is 0 Å². The van der Waals surface area contributed by atoms with Gasteiger partial charge in [-0.1, -0.05) is 0 Å². The maximum atomic E-state index is 12.5. The molecule has 1 aromatic rings. The Labute approximate surface area is 157 Å². The van der Waals surface area contributed by atoms with Crippen molar-refractivity contribution in [3.8, 4) is 11.5 Å². The molecule has 26 heavy (non-hydrogen) atoms. The molecule has 0 spiro atoms. The zero-order valence-corrected chi connectivity index (χ0v) is 15.6. The third-order valence-corrected chi connectivity index (χ3v) is 3.90. The van der Waals surface area contributed by atoms with Gasteiger partial charge in [-0.15, -0.1) is 12.4 Å². The molecular weight excluding hydrogens is 366 g/mol. The SMILES string of the molecule is COCCOc1cc([N+](=O)[O-])c(C(=O)N[C@H]2CCCNC2)cc1OC.Cl. The van der Waals surface area contributed by atoms with Crippen molar-refractivity contribution in [1.82, 2.24) is 10.6 Å². The number of amides is 1. The predicted octanol–water partition coefficient (Wildman–Crippen LogP) is 1.53. The molecule has 1 fully saturated rings. The zero-order chi connectivity index (χ0) is 18.2. The largest absolute Gasteiger partial charge is 0.493 e. The summed E-state index contributed by atoms with van der Waals surface area (Å²) in [4.78, 5) is 23.3. The monoisotopic (exact) mass is 389 g/mol. The third kappa shape index (κ3) is 5.72. The van der Waals surface area contributed by atoms with Gasteiger partial charge in [-0.2, -0.15) is 0 Å². The summed E-state index contributed by atoms with van der Waals surface area (Å²) < 4.78 is 15.6. The van der Waals surface area contributed by atoms with Crippen LogP contribution in [0.3, 0.4) is 0 Å². The minimum Gasteiger partial charge on any atom is -0.493 e.